The minimum Gasteiger partial charge on any atom is -0.335 e. The predicted molar refractivity (Wildman–Crippen MR) is 89.7 cm³/mol. The molecule has 1 fully saturated rings. The Hall–Kier alpha value is -1.06. The number of amides is 1. The normalized spacial score (nSPS) is 15.2. The molecule has 0 bridgehead atoms. The third-order valence-electron chi connectivity index (χ3n) is 3.99. The first-order valence-electron chi connectivity index (χ1n) is 7.68. The first-order valence-corrected chi connectivity index (χ1v) is 7.68. The van der Waals surface area contributed by atoms with Gasteiger partial charge in [0.15, 0.2) is 0 Å². The Bertz CT molecular complexity index is 443. The molecule has 0 saturated heterocycles. The molecule has 1 amide bonds. The molecule has 1 aliphatic rings. The fraction of sp³-hybridized carbons (Fsp3) is 0.588. The van der Waals surface area contributed by atoms with Crippen LogP contribution in [0.2, 0.25) is 0 Å². The van der Waals surface area contributed by atoms with E-state index in [1.54, 1.807) is 0 Å². The van der Waals surface area contributed by atoms with Gasteiger partial charge in [-0.3, -0.25) is 4.79 Å². The van der Waals surface area contributed by atoms with E-state index in [0.717, 1.165) is 32.4 Å². The molecular weight excluding hydrogens is 284 g/mol. The average molecular weight is 311 g/mol. The fourth-order valence-corrected chi connectivity index (χ4v) is 2.53. The number of benzene rings is 1. The van der Waals surface area contributed by atoms with Gasteiger partial charge in [-0.05, 0) is 37.4 Å². The van der Waals surface area contributed by atoms with Crippen molar-refractivity contribution in [2.24, 2.45) is 5.92 Å². The molecule has 21 heavy (non-hydrogen) atoms. The van der Waals surface area contributed by atoms with Crippen molar-refractivity contribution < 1.29 is 4.79 Å². The molecule has 1 saturated carbocycles. The molecule has 1 aromatic carbocycles. The number of nitrogens with one attached hydrogen (secondary N) is 1. The lowest BCUT2D eigenvalue weighted by atomic mass is 10.1. The van der Waals surface area contributed by atoms with Gasteiger partial charge in [0.1, 0.15) is 0 Å². The second-order valence-electron chi connectivity index (χ2n) is 5.83. The molecule has 2 rings (SSSR count). The number of hydrogen-bond acceptors (Lipinski definition) is 2. The number of aryl methyl sites for hydroxylation is 1. The van der Waals surface area contributed by atoms with Crippen LogP contribution in [0.15, 0.2) is 24.3 Å². The summed E-state index contributed by atoms with van der Waals surface area (Å²) < 4.78 is 0. The van der Waals surface area contributed by atoms with Crippen molar-refractivity contribution in [2.75, 3.05) is 13.6 Å². The zero-order chi connectivity index (χ0) is 14.5. The molecule has 0 aliphatic heterocycles. The molecule has 3 nitrogen and oxygen atoms in total. The van der Waals surface area contributed by atoms with E-state index in [9.17, 15) is 4.79 Å². The molecule has 1 unspecified atom stereocenters. The summed E-state index contributed by atoms with van der Waals surface area (Å²) in [5, 5.41) is 3.09. The van der Waals surface area contributed by atoms with Gasteiger partial charge in [-0.15, -0.1) is 12.4 Å². The van der Waals surface area contributed by atoms with Gasteiger partial charge in [0.05, 0.1) is 0 Å². The fourth-order valence-electron chi connectivity index (χ4n) is 2.53. The monoisotopic (exact) mass is 310 g/mol. The molecule has 1 N–H and O–H groups in total. The summed E-state index contributed by atoms with van der Waals surface area (Å²) in [7, 11) is 1.90. The Kier molecular flexibility index (Phi) is 7.20. The molecule has 0 aromatic heterocycles. The van der Waals surface area contributed by atoms with E-state index >= 15 is 0 Å². The van der Waals surface area contributed by atoms with Gasteiger partial charge in [0.2, 0.25) is 5.91 Å². The van der Waals surface area contributed by atoms with Crippen molar-refractivity contribution in [1.29, 1.82) is 0 Å². The van der Waals surface area contributed by atoms with Crippen molar-refractivity contribution in [3.05, 3.63) is 35.4 Å². The predicted octanol–water partition coefficient (Wildman–Crippen LogP) is 3.02. The van der Waals surface area contributed by atoms with Crippen LogP contribution in [0.1, 0.15) is 37.8 Å². The number of carbonyl (C=O) groups is 1. The van der Waals surface area contributed by atoms with Gasteiger partial charge < -0.3 is 10.2 Å². The van der Waals surface area contributed by atoms with Crippen molar-refractivity contribution >= 4 is 18.3 Å². The Balaban J connectivity index is 0.00000220. The van der Waals surface area contributed by atoms with Gasteiger partial charge in [-0.1, -0.05) is 38.1 Å². The molecule has 0 radical (unpaired) electrons. The molecule has 0 spiro atoms. The first-order chi connectivity index (χ1) is 9.65. The summed E-state index contributed by atoms with van der Waals surface area (Å²) >= 11 is 0. The lowest BCUT2D eigenvalue weighted by Crippen LogP contribution is -2.39. The highest BCUT2D eigenvalue weighted by molar-refractivity contribution is 5.85. The Morgan fingerprint density at radius 2 is 1.86 bits per heavy atom. The summed E-state index contributed by atoms with van der Waals surface area (Å²) in [6, 6.07) is 9.12. The maximum Gasteiger partial charge on any atom is 0.227 e. The lowest BCUT2D eigenvalue weighted by molar-refractivity contribution is -0.136. The zero-order valence-corrected chi connectivity index (χ0v) is 14.1. The van der Waals surface area contributed by atoms with Gasteiger partial charge >= 0.3 is 0 Å². The number of rotatable bonds is 7. The highest BCUT2D eigenvalue weighted by Gasteiger charge is 2.34. The van der Waals surface area contributed by atoms with E-state index in [2.05, 4.69) is 41.4 Å². The van der Waals surface area contributed by atoms with Crippen molar-refractivity contribution in [3.63, 3.8) is 0 Å². The van der Waals surface area contributed by atoms with Gasteiger partial charge in [-0.25, -0.2) is 0 Å². The largest absolute Gasteiger partial charge is 0.335 e. The number of halogens is 1. The Morgan fingerprint density at radius 3 is 2.33 bits per heavy atom. The second kappa shape index (κ2) is 8.40. The van der Waals surface area contributed by atoms with E-state index in [1.165, 1.54) is 11.1 Å². The van der Waals surface area contributed by atoms with Gasteiger partial charge in [0.25, 0.3) is 0 Å². The highest BCUT2D eigenvalue weighted by atomic mass is 35.5. The smallest absolute Gasteiger partial charge is 0.227 e. The highest BCUT2D eigenvalue weighted by Crippen LogP contribution is 2.29. The Morgan fingerprint density at radius 1 is 1.29 bits per heavy atom. The van der Waals surface area contributed by atoms with Crippen molar-refractivity contribution in [1.82, 2.24) is 10.2 Å². The maximum atomic E-state index is 12.5. The van der Waals surface area contributed by atoms with E-state index in [0.29, 0.717) is 6.04 Å². The average Bonchev–Trinajstić information content (AvgIpc) is 3.29. The van der Waals surface area contributed by atoms with Crippen LogP contribution in [0.25, 0.3) is 0 Å². The summed E-state index contributed by atoms with van der Waals surface area (Å²) in [5.41, 5.74) is 2.58. The van der Waals surface area contributed by atoms with E-state index < -0.39 is 0 Å². The number of carbonyl (C=O) groups excluding carboxylic acids is 1. The minimum absolute atomic E-state index is 0. The summed E-state index contributed by atoms with van der Waals surface area (Å²) in [4.78, 5) is 14.6. The van der Waals surface area contributed by atoms with E-state index in [1.807, 2.05) is 14.0 Å². The van der Waals surface area contributed by atoms with Crippen LogP contribution < -0.4 is 5.32 Å². The van der Waals surface area contributed by atoms with Crippen LogP contribution in [0.4, 0.5) is 0 Å². The zero-order valence-electron chi connectivity index (χ0n) is 13.3. The van der Waals surface area contributed by atoms with Crippen LogP contribution >= 0.6 is 12.4 Å². The summed E-state index contributed by atoms with van der Waals surface area (Å²) in [5.74, 6) is 0.330. The topological polar surface area (TPSA) is 32.3 Å². The van der Waals surface area contributed by atoms with E-state index in [4.69, 9.17) is 0 Å². The first kappa shape index (κ1) is 18.0. The van der Waals surface area contributed by atoms with Crippen molar-refractivity contribution in [2.45, 2.75) is 45.7 Å². The third kappa shape index (κ3) is 5.01. The summed E-state index contributed by atoms with van der Waals surface area (Å²) in [6.45, 7) is 5.67. The van der Waals surface area contributed by atoms with Crippen LogP contribution in [0, 0.1) is 5.92 Å². The lowest BCUT2D eigenvalue weighted by Gasteiger charge is -2.26. The number of hydrogen-bond donors (Lipinski definition) is 1. The maximum absolute atomic E-state index is 12.5. The van der Waals surface area contributed by atoms with Crippen LogP contribution in [-0.4, -0.2) is 30.4 Å². The minimum atomic E-state index is 0. The molecule has 118 valence electrons. The van der Waals surface area contributed by atoms with E-state index in [-0.39, 0.29) is 24.2 Å². The van der Waals surface area contributed by atoms with Crippen molar-refractivity contribution in [3.8, 4) is 0 Å². The molecule has 1 aromatic rings. The SMILES string of the molecule is CCc1ccc(CN(C(=O)C(C)CNC)C2CC2)cc1.Cl. The molecule has 1 atom stereocenters. The third-order valence-corrected chi connectivity index (χ3v) is 3.99. The molecule has 0 heterocycles. The Labute approximate surface area is 134 Å². The summed E-state index contributed by atoms with van der Waals surface area (Å²) in [6.07, 6.45) is 3.38. The quantitative estimate of drug-likeness (QED) is 0.839. The van der Waals surface area contributed by atoms with Gasteiger partial charge in [0, 0.05) is 25.0 Å². The second-order valence-corrected chi connectivity index (χ2v) is 5.83. The molecule has 4 heteroatoms. The van der Waals surface area contributed by atoms with Crippen LogP contribution in [-0.2, 0) is 17.8 Å². The molecular formula is C17H27ClN2O. The van der Waals surface area contributed by atoms with Crippen LogP contribution in [0.5, 0.6) is 0 Å². The van der Waals surface area contributed by atoms with Crippen LogP contribution in [0.3, 0.4) is 0 Å². The standard InChI is InChI=1S/C17H26N2O.ClH/c1-4-14-5-7-15(8-6-14)12-19(16-9-10-16)17(20)13(2)11-18-3;/h5-8,13,16,18H,4,9-12H2,1-3H3;1H. The number of nitrogens with zero attached hydrogens (tertiary/aromatic N) is 1. The van der Waals surface area contributed by atoms with Gasteiger partial charge in [-0.2, -0.15) is 0 Å². The molecule has 1 aliphatic carbocycles.